The number of amides is 1. The van der Waals surface area contributed by atoms with E-state index in [0.29, 0.717) is 5.56 Å². The molecule has 0 radical (unpaired) electrons. The Morgan fingerprint density at radius 1 is 1.19 bits per heavy atom. The topological polar surface area (TPSA) is 47.4 Å². The molecule has 1 aromatic heterocycles. The average Bonchev–Trinajstić information content (AvgIpc) is 3.14. The monoisotopic (exact) mass is 361 g/mol. The summed E-state index contributed by atoms with van der Waals surface area (Å²) in [5.74, 6) is 0.884. The number of carbonyl (C=O) groups is 1. The second-order valence-electron chi connectivity index (χ2n) is 6.97. The third-order valence-electron chi connectivity index (χ3n) is 5.30. The highest BCUT2D eigenvalue weighted by Gasteiger charge is 2.28. The van der Waals surface area contributed by atoms with Crippen molar-refractivity contribution in [3.63, 3.8) is 0 Å². The SMILES string of the molecule is COc1ccc2c(c1)[C@H](C)N(C(=O)c1cccc(-c3cnn(C)c3)c1)CC2. The number of hydrogen-bond donors (Lipinski definition) is 0. The molecule has 5 heteroatoms. The Bertz CT molecular complexity index is 993. The standard InChI is InChI=1S/C22H23N3O2/c1-15-21-12-20(27-3)8-7-16(21)9-10-25(15)22(26)18-6-4-5-17(11-18)19-13-23-24(2)14-19/h4-8,11-15H,9-10H2,1-3H3/t15-/m0/s1. The molecule has 27 heavy (non-hydrogen) atoms. The molecule has 2 aromatic carbocycles. The van der Waals surface area contributed by atoms with Gasteiger partial charge in [-0.05, 0) is 54.3 Å². The van der Waals surface area contributed by atoms with E-state index in [9.17, 15) is 4.79 Å². The van der Waals surface area contributed by atoms with Crippen LogP contribution in [0, 0.1) is 0 Å². The maximum absolute atomic E-state index is 13.2. The van der Waals surface area contributed by atoms with E-state index in [1.807, 2.05) is 60.7 Å². The van der Waals surface area contributed by atoms with Crippen molar-refractivity contribution in [2.24, 2.45) is 7.05 Å². The first-order chi connectivity index (χ1) is 13.1. The molecule has 1 aliphatic heterocycles. The largest absolute Gasteiger partial charge is 0.497 e. The van der Waals surface area contributed by atoms with E-state index in [2.05, 4.69) is 18.1 Å². The van der Waals surface area contributed by atoms with E-state index in [4.69, 9.17) is 4.74 Å². The van der Waals surface area contributed by atoms with Gasteiger partial charge in [0.1, 0.15) is 5.75 Å². The Hall–Kier alpha value is -3.08. The lowest BCUT2D eigenvalue weighted by atomic mass is 9.92. The molecular weight excluding hydrogens is 338 g/mol. The van der Waals surface area contributed by atoms with E-state index < -0.39 is 0 Å². The molecule has 0 bridgehead atoms. The first kappa shape index (κ1) is 17.3. The molecule has 2 heterocycles. The summed E-state index contributed by atoms with van der Waals surface area (Å²) in [6, 6.07) is 13.9. The number of nitrogens with zero attached hydrogens (tertiary/aromatic N) is 3. The Balaban J connectivity index is 1.63. The normalized spacial score (nSPS) is 16.1. The van der Waals surface area contributed by atoms with Crippen LogP contribution in [0.3, 0.4) is 0 Å². The maximum Gasteiger partial charge on any atom is 0.254 e. The number of benzene rings is 2. The summed E-state index contributed by atoms with van der Waals surface area (Å²) in [6.07, 6.45) is 4.63. The van der Waals surface area contributed by atoms with Gasteiger partial charge in [-0.15, -0.1) is 0 Å². The summed E-state index contributed by atoms with van der Waals surface area (Å²) in [5, 5.41) is 4.22. The van der Waals surface area contributed by atoms with Gasteiger partial charge in [-0.2, -0.15) is 5.10 Å². The van der Waals surface area contributed by atoms with Crippen molar-refractivity contribution in [3.8, 4) is 16.9 Å². The summed E-state index contributed by atoms with van der Waals surface area (Å²) >= 11 is 0. The number of fused-ring (bicyclic) bond motifs is 1. The van der Waals surface area contributed by atoms with Gasteiger partial charge in [-0.25, -0.2) is 0 Å². The molecule has 0 fully saturated rings. The van der Waals surface area contributed by atoms with Crippen molar-refractivity contribution in [2.45, 2.75) is 19.4 Å². The van der Waals surface area contributed by atoms with Crippen LogP contribution in [0.1, 0.15) is 34.5 Å². The first-order valence-electron chi connectivity index (χ1n) is 9.13. The predicted molar refractivity (Wildman–Crippen MR) is 105 cm³/mol. The lowest BCUT2D eigenvalue weighted by Gasteiger charge is -2.35. The Morgan fingerprint density at radius 3 is 2.78 bits per heavy atom. The van der Waals surface area contributed by atoms with Gasteiger partial charge in [-0.3, -0.25) is 9.48 Å². The van der Waals surface area contributed by atoms with E-state index in [0.717, 1.165) is 35.4 Å². The fourth-order valence-corrected chi connectivity index (χ4v) is 3.76. The van der Waals surface area contributed by atoms with Gasteiger partial charge in [0.2, 0.25) is 0 Å². The van der Waals surface area contributed by atoms with Crippen LogP contribution in [0.5, 0.6) is 5.75 Å². The van der Waals surface area contributed by atoms with Crippen molar-refractivity contribution < 1.29 is 9.53 Å². The van der Waals surface area contributed by atoms with Crippen LogP contribution in [-0.2, 0) is 13.5 Å². The fraction of sp³-hybridized carbons (Fsp3) is 0.273. The lowest BCUT2D eigenvalue weighted by molar-refractivity contribution is 0.0677. The predicted octanol–water partition coefficient (Wildman–Crippen LogP) is 3.86. The average molecular weight is 361 g/mol. The number of aromatic nitrogens is 2. The zero-order valence-corrected chi connectivity index (χ0v) is 15.8. The van der Waals surface area contributed by atoms with Crippen LogP contribution in [0.4, 0.5) is 0 Å². The van der Waals surface area contributed by atoms with Crippen molar-refractivity contribution in [1.29, 1.82) is 0 Å². The molecule has 138 valence electrons. The molecule has 0 N–H and O–H groups in total. The van der Waals surface area contributed by atoms with E-state index in [1.54, 1.807) is 11.8 Å². The zero-order valence-electron chi connectivity index (χ0n) is 15.8. The van der Waals surface area contributed by atoms with E-state index in [-0.39, 0.29) is 11.9 Å². The maximum atomic E-state index is 13.2. The molecule has 1 aliphatic rings. The smallest absolute Gasteiger partial charge is 0.254 e. The van der Waals surface area contributed by atoms with Crippen molar-refractivity contribution in [1.82, 2.24) is 14.7 Å². The molecule has 0 spiro atoms. The van der Waals surface area contributed by atoms with Gasteiger partial charge < -0.3 is 9.64 Å². The van der Waals surface area contributed by atoms with Crippen LogP contribution in [0.2, 0.25) is 0 Å². The molecule has 1 amide bonds. The Kier molecular flexibility index (Phi) is 4.44. The minimum Gasteiger partial charge on any atom is -0.497 e. The second kappa shape index (κ2) is 6.91. The third-order valence-corrected chi connectivity index (χ3v) is 5.30. The molecular formula is C22H23N3O2. The summed E-state index contributed by atoms with van der Waals surface area (Å²) < 4.78 is 7.13. The van der Waals surface area contributed by atoms with Gasteiger partial charge in [0.25, 0.3) is 5.91 Å². The summed E-state index contributed by atoms with van der Waals surface area (Å²) in [7, 11) is 3.56. The molecule has 1 atom stereocenters. The highest BCUT2D eigenvalue weighted by atomic mass is 16.5. The van der Waals surface area contributed by atoms with E-state index in [1.165, 1.54) is 5.56 Å². The molecule has 0 saturated carbocycles. The van der Waals surface area contributed by atoms with Crippen molar-refractivity contribution >= 4 is 5.91 Å². The van der Waals surface area contributed by atoms with Crippen LogP contribution < -0.4 is 4.74 Å². The first-order valence-corrected chi connectivity index (χ1v) is 9.13. The lowest BCUT2D eigenvalue weighted by Crippen LogP contribution is -2.38. The zero-order chi connectivity index (χ0) is 19.0. The Morgan fingerprint density at radius 2 is 2.04 bits per heavy atom. The molecule has 0 saturated heterocycles. The minimum atomic E-state index is 0.0124. The summed E-state index contributed by atoms with van der Waals surface area (Å²) in [5.41, 5.74) is 5.16. The quantitative estimate of drug-likeness (QED) is 0.712. The highest BCUT2D eigenvalue weighted by molar-refractivity contribution is 5.96. The molecule has 5 nitrogen and oxygen atoms in total. The number of aryl methyl sites for hydroxylation is 1. The molecule has 3 aromatic rings. The number of methoxy groups -OCH3 is 1. The van der Waals surface area contributed by atoms with E-state index >= 15 is 0 Å². The number of hydrogen-bond acceptors (Lipinski definition) is 3. The van der Waals surface area contributed by atoms with Gasteiger partial charge in [0, 0.05) is 30.9 Å². The van der Waals surface area contributed by atoms with Gasteiger partial charge in [0.05, 0.1) is 19.3 Å². The van der Waals surface area contributed by atoms with Gasteiger partial charge >= 0.3 is 0 Å². The number of carbonyl (C=O) groups excluding carboxylic acids is 1. The molecule has 0 unspecified atom stereocenters. The minimum absolute atomic E-state index is 0.0124. The van der Waals surface area contributed by atoms with Crippen molar-refractivity contribution in [3.05, 3.63) is 71.5 Å². The van der Waals surface area contributed by atoms with Gasteiger partial charge in [0.15, 0.2) is 0 Å². The number of ether oxygens (including phenoxy) is 1. The van der Waals surface area contributed by atoms with Crippen LogP contribution in [-0.4, -0.2) is 34.2 Å². The summed E-state index contributed by atoms with van der Waals surface area (Å²) in [4.78, 5) is 15.2. The third kappa shape index (κ3) is 3.21. The second-order valence-corrected chi connectivity index (χ2v) is 6.97. The van der Waals surface area contributed by atoms with Crippen LogP contribution in [0.25, 0.3) is 11.1 Å². The van der Waals surface area contributed by atoms with Gasteiger partial charge in [-0.1, -0.05) is 18.2 Å². The Labute approximate surface area is 159 Å². The number of rotatable bonds is 3. The van der Waals surface area contributed by atoms with Crippen molar-refractivity contribution in [2.75, 3.05) is 13.7 Å². The van der Waals surface area contributed by atoms with Crippen LogP contribution >= 0.6 is 0 Å². The van der Waals surface area contributed by atoms with Crippen LogP contribution in [0.15, 0.2) is 54.9 Å². The summed E-state index contributed by atoms with van der Waals surface area (Å²) in [6.45, 7) is 2.80. The highest BCUT2D eigenvalue weighted by Crippen LogP contribution is 2.33. The molecule has 0 aliphatic carbocycles. The molecule has 4 rings (SSSR count). The fourth-order valence-electron chi connectivity index (χ4n) is 3.76.